The van der Waals surface area contributed by atoms with E-state index in [9.17, 15) is 24.6 Å². The highest BCUT2D eigenvalue weighted by molar-refractivity contribution is 7.53. The van der Waals surface area contributed by atoms with Crippen LogP contribution in [0.1, 0.15) is 45.8 Å². The van der Waals surface area contributed by atoms with Crippen LogP contribution in [0.3, 0.4) is 0 Å². The maximum atomic E-state index is 11.6. The van der Waals surface area contributed by atoms with Crippen LogP contribution in [0.15, 0.2) is 6.33 Å². The lowest BCUT2D eigenvalue weighted by Gasteiger charge is -2.28. The molecular formula is C18H27ClN5O7P. The van der Waals surface area contributed by atoms with Gasteiger partial charge in [-0.3, -0.25) is 9.13 Å². The third-order valence-corrected chi connectivity index (χ3v) is 7.70. The van der Waals surface area contributed by atoms with Crippen molar-refractivity contribution >= 4 is 36.2 Å². The lowest BCUT2D eigenvalue weighted by molar-refractivity contribution is -0.0879. The molecule has 0 unspecified atom stereocenters. The average molecular weight is 492 g/mol. The highest BCUT2D eigenvalue weighted by Crippen LogP contribution is 2.51. The highest BCUT2D eigenvalue weighted by atomic mass is 35.5. The Morgan fingerprint density at radius 2 is 1.97 bits per heavy atom. The Bertz CT molecular complexity index is 1020. The Morgan fingerprint density at radius 3 is 2.62 bits per heavy atom. The summed E-state index contributed by atoms with van der Waals surface area (Å²) in [5, 5.41) is 22.6. The van der Waals surface area contributed by atoms with E-state index in [1.54, 1.807) is 0 Å². The molecule has 1 saturated carbocycles. The molecule has 0 amide bonds. The molecule has 4 atom stereocenters. The zero-order chi connectivity index (χ0) is 23.3. The number of hydrogen-bond donors (Lipinski definition) is 5. The Hall–Kier alpha value is -1.37. The van der Waals surface area contributed by atoms with Crippen molar-refractivity contribution in [1.29, 1.82) is 0 Å². The van der Waals surface area contributed by atoms with Crippen molar-refractivity contribution in [3.63, 3.8) is 0 Å². The van der Waals surface area contributed by atoms with E-state index in [1.165, 1.54) is 24.7 Å². The third kappa shape index (κ3) is 4.51. The molecule has 1 aliphatic carbocycles. The van der Waals surface area contributed by atoms with Gasteiger partial charge in [0.2, 0.25) is 5.28 Å². The number of aliphatic hydroxyl groups excluding tert-OH is 2. The van der Waals surface area contributed by atoms with Crippen LogP contribution in [0.5, 0.6) is 0 Å². The van der Waals surface area contributed by atoms with E-state index >= 15 is 0 Å². The van der Waals surface area contributed by atoms with Crippen LogP contribution in [-0.4, -0.2) is 75.8 Å². The summed E-state index contributed by atoms with van der Waals surface area (Å²) in [7, 11) is -4.56. The molecule has 178 valence electrons. The van der Waals surface area contributed by atoms with Gasteiger partial charge in [-0.05, 0) is 38.3 Å². The van der Waals surface area contributed by atoms with Crippen LogP contribution < -0.4 is 5.32 Å². The molecule has 1 saturated heterocycles. The second-order valence-electron chi connectivity index (χ2n) is 8.64. The minimum atomic E-state index is -4.56. The van der Waals surface area contributed by atoms with Gasteiger partial charge >= 0.3 is 7.60 Å². The fourth-order valence-electron chi connectivity index (χ4n) is 3.91. The van der Waals surface area contributed by atoms with Crippen molar-refractivity contribution in [2.45, 2.75) is 75.5 Å². The Kier molecular flexibility index (Phi) is 6.51. The lowest BCUT2D eigenvalue weighted by atomic mass is 10.1. The van der Waals surface area contributed by atoms with E-state index in [0.29, 0.717) is 17.0 Å². The predicted molar refractivity (Wildman–Crippen MR) is 114 cm³/mol. The van der Waals surface area contributed by atoms with Crippen molar-refractivity contribution in [1.82, 2.24) is 19.5 Å². The van der Waals surface area contributed by atoms with Gasteiger partial charge in [0.1, 0.15) is 18.3 Å². The second kappa shape index (κ2) is 8.77. The molecule has 2 aliphatic rings. The molecular weight excluding hydrogens is 465 g/mol. The first-order valence-electron chi connectivity index (χ1n) is 10.4. The van der Waals surface area contributed by atoms with Gasteiger partial charge in [0.25, 0.3) is 0 Å². The van der Waals surface area contributed by atoms with E-state index in [1.807, 2.05) is 0 Å². The fourth-order valence-corrected chi connectivity index (χ4v) is 4.31. The first-order valence-corrected chi connectivity index (χ1v) is 12.3. The van der Waals surface area contributed by atoms with Gasteiger partial charge in [-0.2, -0.15) is 9.97 Å². The molecule has 2 aromatic rings. The molecule has 0 radical (unpaired) electrons. The minimum absolute atomic E-state index is 0.00365. The summed E-state index contributed by atoms with van der Waals surface area (Å²) < 4.78 is 24.1. The standard InChI is InChI=1S/C18H27ClN5O7P/c1-18(2,32(27,28)29)30-7-10-12(25)13(26)16(31-10)24-8-20-11-14(21-9-5-3-4-6-9)22-17(19)23-15(11)24/h8-10,12-13,16,25-26H,3-7H2,1-2H3,(H,21,22,23)(H2,27,28,29)/t10-,12-,13-,16-/m1/s1. The third-order valence-electron chi connectivity index (χ3n) is 6.00. The molecule has 5 N–H and O–H groups in total. The molecule has 0 aromatic carbocycles. The first-order chi connectivity index (χ1) is 15.0. The van der Waals surface area contributed by atoms with Crippen molar-refractivity contribution in [3.8, 4) is 0 Å². The van der Waals surface area contributed by atoms with Crippen LogP contribution in [0.4, 0.5) is 5.82 Å². The number of aliphatic hydroxyl groups is 2. The smallest absolute Gasteiger partial charge is 0.356 e. The molecule has 1 aliphatic heterocycles. The average Bonchev–Trinajstić information content (AvgIpc) is 3.41. The molecule has 0 spiro atoms. The number of aromatic nitrogens is 4. The van der Waals surface area contributed by atoms with Gasteiger partial charge in [0, 0.05) is 6.04 Å². The van der Waals surface area contributed by atoms with Crippen molar-refractivity contribution in [3.05, 3.63) is 11.6 Å². The van der Waals surface area contributed by atoms with Gasteiger partial charge in [-0.15, -0.1) is 0 Å². The minimum Gasteiger partial charge on any atom is -0.387 e. The Labute approximate surface area is 189 Å². The van der Waals surface area contributed by atoms with Gasteiger partial charge in [0.05, 0.1) is 12.9 Å². The summed E-state index contributed by atoms with van der Waals surface area (Å²) >= 11 is 6.13. The van der Waals surface area contributed by atoms with E-state index in [0.717, 1.165) is 25.7 Å². The number of nitrogens with zero attached hydrogens (tertiary/aromatic N) is 4. The quantitative estimate of drug-likeness (QED) is 0.280. The molecule has 14 heteroatoms. The molecule has 2 aromatic heterocycles. The molecule has 32 heavy (non-hydrogen) atoms. The zero-order valence-corrected chi connectivity index (χ0v) is 19.3. The number of ether oxygens (including phenoxy) is 2. The first kappa shape index (κ1) is 23.8. The number of imidazole rings is 1. The van der Waals surface area contributed by atoms with Gasteiger partial charge < -0.3 is 34.8 Å². The monoisotopic (exact) mass is 491 g/mol. The summed E-state index contributed by atoms with van der Waals surface area (Å²) in [6.07, 6.45) is 0.905. The normalized spacial score (nSPS) is 27.5. The largest absolute Gasteiger partial charge is 0.387 e. The summed E-state index contributed by atoms with van der Waals surface area (Å²) in [6.45, 7) is 2.14. The van der Waals surface area contributed by atoms with Gasteiger partial charge in [0.15, 0.2) is 28.6 Å². The van der Waals surface area contributed by atoms with Crippen molar-refractivity contribution < 1.29 is 34.0 Å². The van der Waals surface area contributed by atoms with Crippen LogP contribution in [0, 0.1) is 0 Å². The zero-order valence-electron chi connectivity index (χ0n) is 17.6. The van der Waals surface area contributed by atoms with E-state index in [-0.39, 0.29) is 17.9 Å². The van der Waals surface area contributed by atoms with E-state index < -0.39 is 37.5 Å². The Morgan fingerprint density at radius 1 is 1.28 bits per heavy atom. The summed E-state index contributed by atoms with van der Waals surface area (Å²) in [4.78, 5) is 31.6. The molecule has 3 heterocycles. The SMILES string of the molecule is CC(C)(OC[C@H]1O[C@@H](n2cnc3c(NC4CCCC4)nc(Cl)nc32)[C@H](O)[C@@H]1O)P(=O)(O)O. The molecule has 12 nitrogen and oxygen atoms in total. The van der Waals surface area contributed by atoms with Gasteiger partial charge in [-0.25, -0.2) is 4.98 Å². The number of hydrogen-bond acceptors (Lipinski definition) is 9. The van der Waals surface area contributed by atoms with Crippen molar-refractivity contribution in [2.24, 2.45) is 0 Å². The summed E-state index contributed by atoms with van der Waals surface area (Å²) in [5.74, 6) is 0.488. The van der Waals surface area contributed by atoms with Crippen LogP contribution in [0.2, 0.25) is 5.28 Å². The van der Waals surface area contributed by atoms with E-state index in [2.05, 4.69) is 20.3 Å². The van der Waals surface area contributed by atoms with Crippen molar-refractivity contribution in [2.75, 3.05) is 11.9 Å². The van der Waals surface area contributed by atoms with Gasteiger partial charge in [-0.1, -0.05) is 12.8 Å². The maximum Gasteiger partial charge on any atom is 0.356 e. The maximum absolute atomic E-state index is 11.6. The van der Waals surface area contributed by atoms with Crippen LogP contribution in [0.25, 0.3) is 11.2 Å². The van der Waals surface area contributed by atoms with Crippen LogP contribution >= 0.6 is 19.2 Å². The Balaban J connectivity index is 1.56. The van der Waals surface area contributed by atoms with Crippen LogP contribution in [-0.2, 0) is 14.0 Å². The topological polar surface area (TPSA) is 172 Å². The number of nitrogens with one attached hydrogen (secondary N) is 1. The molecule has 4 rings (SSSR count). The molecule has 2 fully saturated rings. The number of halogens is 1. The fraction of sp³-hybridized carbons (Fsp3) is 0.722. The number of fused-ring (bicyclic) bond motifs is 1. The summed E-state index contributed by atoms with van der Waals surface area (Å²) in [5.41, 5.74) is 0.771. The second-order valence-corrected chi connectivity index (χ2v) is 11.1. The van der Waals surface area contributed by atoms with E-state index in [4.69, 9.17) is 21.1 Å². The molecule has 0 bridgehead atoms. The number of rotatable bonds is 7. The lowest BCUT2D eigenvalue weighted by Crippen LogP contribution is -2.36. The highest BCUT2D eigenvalue weighted by Gasteiger charge is 2.47. The predicted octanol–water partition coefficient (Wildman–Crippen LogP) is 1.38. The number of anilines is 1. The summed E-state index contributed by atoms with van der Waals surface area (Å²) in [6, 6.07) is 0.267.